The molecule has 45 heavy (non-hydrogen) atoms. The Morgan fingerprint density at radius 1 is 0.311 bits per heavy atom. The van der Waals surface area contributed by atoms with Crippen molar-refractivity contribution < 1.29 is 0 Å². The van der Waals surface area contributed by atoms with Gasteiger partial charge in [-0.25, -0.2) is 0 Å². The Hall–Kier alpha value is -5.64. The predicted molar refractivity (Wildman–Crippen MR) is 193 cm³/mol. The van der Waals surface area contributed by atoms with Gasteiger partial charge in [-0.3, -0.25) is 0 Å². The molecule has 10 aromatic rings. The lowest BCUT2D eigenvalue weighted by Crippen LogP contribution is -1.94. The minimum atomic E-state index is 1.17. The van der Waals surface area contributed by atoms with Crippen molar-refractivity contribution in [3.63, 3.8) is 0 Å². The quantitative estimate of drug-likeness (QED) is 0.194. The van der Waals surface area contributed by atoms with Gasteiger partial charge in [-0.2, -0.15) is 0 Å². The van der Waals surface area contributed by atoms with Gasteiger partial charge in [-0.1, -0.05) is 84.9 Å². The van der Waals surface area contributed by atoms with Gasteiger partial charge in [0.05, 0.1) is 22.1 Å². The molecule has 0 unspecified atom stereocenters. The molecule has 0 amide bonds. The molecular weight excluding hydrogens is 565 g/mol. The Labute approximate surface area is 263 Å². The van der Waals surface area contributed by atoms with Crippen molar-refractivity contribution in [2.24, 2.45) is 0 Å². The van der Waals surface area contributed by atoms with Crippen molar-refractivity contribution in [1.29, 1.82) is 0 Å². The monoisotopic (exact) mass is 590 g/mol. The maximum absolute atomic E-state index is 2.43. The number of fused-ring (bicyclic) bond motifs is 9. The van der Waals surface area contributed by atoms with Crippen molar-refractivity contribution in [1.82, 2.24) is 9.13 Å². The van der Waals surface area contributed by atoms with Crippen molar-refractivity contribution >= 4 is 75.1 Å². The van der Waals surface area contributed by atoms with Gasteiger partial charge in [0.2, 0.25) is 0 Å². The lowest BCUT2D eigenvalue weighted by Gasteiger charge is -2.09. The first-order chi connectivity index (χ1) is 22.3. The number of rotatable bonds is 3. The molecule has 3 heteroatoms. The van der Waals surface area contributed by atoms with E-state index in [0.29, 0.717) is 0 Å². The maximum atomic E-state index is 2.43. The fraction of sp³-hybridized carbons (Fsp3) is 0. The van der Waals surface area contributed by atoms with Crippen LogP contribution in [0.4, 0.5) is 0 Å². The van der Waals surface area contributed by atoms with E-state index in [0.717, 1.165) is 0 Å². The highest BCUT2D eigenvalue weighted by molar-refractivity contribution is 7.25. The SMILES string of the molecule is c1ccc(-n2c3ccccc3c3cc4c(cc32)c2cc(-c3ccc5sc6ccccc6c5c3)ccc2n4-c2ccccc2)cc1. The molecule has 0 atom stereocenters. The normalized spacial score (nSPS) is 12.0. The summed E-state index contributed by atoms with van der Waals surface area (Å²) in [5, 5.41) is 7.70. The molecule has 0 saturated carbocycles. The molecule has 210 valence electrons. The van der Waals surface area contributed by atoms with Gasteiger partial charge in [0.15, 0.2) is 0 Å². The molecule has 10 rings (SSSR count). The Bertz CT molecular complexity index is 2740. The molecule has 7 aromatic carbocycles. The second kappa shape index (κ2) is 9.43. The molecule has 3 heterocycles. The first-order valence-corrected chi connectivity index (χ1v) is 16.2. The van der Waals surface area contributed by atoms with Crippen LogP contribution in [0, 0.1) is 0 Å². The van der Waals surface area contributed by atoms with E-state index < -0.39 is 0 Å². The summed E-state index contributed by atoms with van der Waals surface area (Å²) in [6, 6.07) is 57.7. The molecule has 0 spiro atoms. The minimum Gasteiger partial charge on any atom is -0.309 e. The fourth-order valence-corrected chi connectivity index (χ4v) is 8.36. The molecule has 0 radical (unpaired) electrons. The van der Waals surface area contributed by atoms with Gasteiger partial charge in [0.25, 0.3) is 0 Å². The van der Waals surface area contributed by atoms with Crippen LogP contribution in [0.2, 0.25) is 0 Å². The first-order valence-electron chi connectivity index (χ1n) is 15.4. The molecule has 0 N–H and O–H groups in total. The third-order valence-corrected chi connectivity index (χ3v) is 10.4. The lowest BCUT2D eigenvalue weighted by atomic mass is 10.0. The zero-order valence-electron chi connectivity index (χ0n) is 24.3. The second-order valence-electron chi connectivity index (χ2n) is 11.8. The topological polar surface area (TPSA) is 9.86 Å². The molecule has 0 bridgehead atoms. The zero-order chi connectivity index (χ0) is 29.5. The van der Waals surface area contributed by atoms with Crippen LogP contribution in [0.1, 0.15) is 0 Å². The molecule has 0 aliphatic rings. The molecule has 3 aromatic heterocycles. The third-order valence-electron chi connectivity index (χ3n) is 9.30. The number of hydrogen-bond acceptors (Lipinski definition) is 1. The molecule has 2 nitrogen and oxygen atoms in total. The summed E-state index contributed by atoms with van der Waals surface area (Å²) in [5.74, 6) is 0. The number of aromatic nitrogens is 2. The van der Waals surface area contributed by atoms with E-state index >= 15 is 0 Å². The van der Waals surface area contributed by atoms with E-state index in [1.807, 2.05) is 11.3 Å². The van der Waals surface area contributed by atoms with Crippen molar-refractivity contribution in [2.45, 2.75) is 0 Å². The smallest absolute Gasteiger partial charge is 0.0548 e. The van der Waals surface area contributed by atoms with Crippen molar-refractivity contribution in [3.8, 4) is 22.5 Å². The summed E-state index contributed by atoms with van der Waals surface area (Å²) in [5.41, 5.74) is 9.69. The van der Waals surface area contributed by atoms with Crippen molar-refractivity contribution in [3.05, 3.63) is 158 Å². The molecule has 0 aliphatic carbocycles. The van der Waals surface area contributed by atoms with Gasteiger partial charge in [-0.05, 0) is 83.9 Å². The molecular formula is C42H26N2S. The van der Waals surface area contributed by atoms with Gasteiger partial charge in [0.1, 0.15) is 0 Å². The Morgan fingerprint density at radius 2 is 0.800 bits per heavy atom. The Morgan fingerprint density at radius 3 is 1.51 bits per heavy atom. The van der Waals surface area contributed by atoms with Crippen LogP contribution >= 0.6 is 11.3 Å². The molecule has 0 saturated heterocycles. The van der Waals surface area contributed by atoms with Crippen LogP contribution in [0.3, 0.4) is 0 Å². The Balaban J connectivity index is 1.30. The number of para-hydroxylation sites is 3. The number of benzene rings is 7. The predicted octanol–water partition coefficient (Wildman–Crippen LogP) is 11.9. The summed E-state index contributed by atoms with van der Waals surface area (Å²) < 4.78 is 7.51. The van der Waals surface area contributed by atoms with Crippen LogP contribution < -0.4 is 0 Å². The zero-order valence-corrected chi connectivity index (χ0v) is 25.1. The van der Waals surface area contributed by atoms with E-state index in [-0.39, 0.29) is 0 Å². The number of nitrogens with zero attached hydrogens (tertiary/aromatic N) is 2. The van der Waals surface area contributed by atoms with Crippen LogP contribution in [-0.2, 0) is 0 Å². The number of hydrogen-bond donors (Lipinski definition) is 0. The summed E-state index contributed by atoms with van der Waals surface area (Å²) in [7, 11) is 0. The number of thiophene rings is 1. The highest BCUT2D eigenvalue weighted by Crippen LogP contribution is 2.42. The highest BCUT2D eigenvalue weighted by atomic mass is 32.1. The average molecular weight is 591 g/mol. The van der Waals surface area contributed by atoms with E-state index in [4.69, 9.17) is 0 Å². The standard InChI is InChI=1S/C42H26N2S/c1-3-11-29(12-4-1)43-37-17-9-7-15-31(37)34-25-40-35(26-39(34)43)33-23-27(19-21-38(33)44(40)30-13-5-2-6-14-30)28-20-22-42-36(24-28)32-16-8-10-18-41(32)45-42/h1-26H. The molecule has 0 fully saturated rings. The molecule has 0 aliphatic heterocycles. The van der Waals surface area contributed by atoms with Crippen LogP contribution in [0.5, 0.6) is 0 Å². The maximum Gasteiger partial charge on any atom is 0.0548 e. The Kier molecular flexibility index (Phi) is 5.19. The third kappa shape index (κ3) is 3.62. The van der Waals surface area contributed by atoms with Gasteiger partial charge < -0.3 is 9.13 Å². The van der Waals surface area contributed by atoms with Crippen LogP contribution in [-0.4, -0.2) is 9.13 Å². The minimum absolute atomic E-state index is 1.17. The summed E-state index contributed by atoms with van der Waals surface area (Å²) >= 11 is 1.87. The second-order valence-corrected chi connectivity index (χ2v) is 12.9. The van der Waals surface area contributed by atoms with E-state index in [1.165, 1.54) is 86.3 Å². The largest absolute Gasteiger partial charge is 0.309 e. The van der Waals surface area contributed by atoms with Gasteiger partial charge >= 0.3 is 0 Å². The average Bonchev–Trinajstić information content (AvgIpc) is 3.75. The van der Waals surface area contributed by atoms with E-state index in [9.17, 15) is 0 Å². The van der Waals surface area contributed by atoms with E-state index in [1.54, 1.807) is 0 Å². The summed E-state index contributed by atoms with van der Waals surface area (Å²) in [6.45, 7) is 0. The summed E-state index contributed by atoms with van der Waals surface area (Å²) in [6.07, 6.45) is 0. The highest BCUT2D eigenvalue weighted by Gasteiger charge is 2.19. The fourth-order valence-electron chi connectivity index (χ4n) is 7.28. The van der Waals surface area contributed by atoms with Crippen LogP contribution in [0.15, 0.2) is 158 Å². The van der Waals surface area contributed by atoms with Crippen LogP contribution in [0.25, 0.3) is 86.3 Å². The first kappa shape index (κ1) is 24.8. The van der Waals surface area contributed by atoms with Gasteiger partial charge in [-0.15, -0.1) is 11.3 Å². The van der Waals surface area contributed by atoms with E-state index in [2.05, 4.69) is 167 Å². The van der Waals surface area contributed by atoms with Gasteiger partial charge in [0, 0.05) is 53.1 Å². The lowest BCUT2D eigenvalue weighted by molar-refractivity contribution is 1.17. The summed E-state index contributed by atoms with van der Waals surface area (Å²) in [4.78, 5) is 0. The van der Waals surface area contributed by atoms with Crippen molar-refractivity contribution in [2.75, 3.05) is 0 Å².